The summed E-state index contributed by atoms with van der Waals surface area (Å²) in [4.78, 5) is 14.2. The third-order valence-electron chi connectivity index (χ3n) is 9.29. The van der Waals surface area contributed by atoms with Gasteiger partial charge in [0.25, 0.3) is 0 Å². The molecule has 6 rings (SSSR count). The van der Waals surface area contributed by atoms with Crippen molar-refractivity contribution in [3.05, 3.63) is 46.6 Å². The second-order valence-electron chi connectivity index (χ2n) is 12.9. The predicted octanol–water partition coefficient (Wildman–Crippen LogP) is -3.92. The number of hydrogen-bond donors (Lipinski definition) is 12. The molecule has 0 spiro atoms. The lowest BCUT2D eigenvalue weighted by Crippen LogP contribution is -2.64. The minimum absolute atomic E-state index is 0.118. The molecule has 3 aromatic rings. The highest BCUT2D eigenvalue weighted by Gasteiger charge is 2.51. The Balaban J connectivity index is 1.40. The van der Waals surface area contributed by atoms with Crippen LogP contribution < -0.4 is 14.9 Å². The molecule has 0 unspecified atom stereocenters. The highest BCUT2D eigenvalue weighted by Crippen LogP contribution is 2.39. The van der Waals surface area contributed by atoms with E-state index in [1.54, 1.807) is 0 Å². The number of fused-ring (bicyclic) bond motifs is 1. The topological polar surface area (TPSA) is 328 Å². The van der Waals surface area contributed by atoms with Gasteiger partial charge < -0.3 is 94.1 Å². The maximum absolute atomic E-state index is 14.2. The number of aliphatic hydroxyl groups excluding tert-OH is 10. The lowest BCUT2D eigenvalue weighted by molar-refractivity contribution is -0.355. The quantitative estimate of drug-likeness (QED) is 0.0992. The van der Waals surface area contributed by atoms with Crippen LogP contribution in [0.1, 0.15) is 6.92 Å². The van der Waals surface area contributed by atoms with Crippen LogP contribution in [0.4, 0.5) is 0 Å². The first-order valence-corrected chi connectivity index (χ1v) is 16.4. The SMILES string of the molecule is C[C@@H]1O[C@@H](Oc2c(-c3ccc(O)cc3)oc3cc(O[C@@H]4O[C@H](CO)[C@@H](O)[C@H](O)[C@H]4O)cc(O)c3c2=O)[C@H](O[C@@H]2O[C@H](CO)[C@@H](O)[C@H](O)[C@H]2O)[C@H](O)[C@H]1O. The van der Waals surface area contributed by atoms with Crippen molar-refractivity contribution in [2.45, 2.75) is 99.0 Å². The van der Waals surface area contributed by atoms with Crippen molar-refractivity contribution >= 4 is 11.0 Å². The van der Waals surface area contributed by atoms with Crippen molar-refractivity contribution in [3.8, 4) is 34.3 Å². The van der Waals surface area contributed by atoms with Gasteiger partial charge >= 0.3 is 0 Å². The Labute approximate surface area is 298 Å². The third kappa shape index (κ3) is 7.39. The Morgan fingerprint density at radius 1 is 0.660 bits per heavy atom. The summed E-state index contributed by atoms with van der Waals surface area (Å²) in [6.45, 7) is -0.183. The zero-order valence-corrected chi connectivity index (χ0v) is 27.7. The molecule has 2 aromatic carbocycles. The van der Waals surface area contributed by atoms with Crippen LogP contribution in [0, 0.1) is 0 Å². The summed E-state index contributed by atoms with van der Waals surface area (Å²) in [5.41, 5.74) is -1.24. The summed E-state index contributed by atoms with van der Waals surface area (Å²) in [5, 5.41) is 123. The van der Waals surface area contributed by atoms with Crippen molar-refractivity contribution in [1.29, 1.82) is 0 Å². The van der Waals surface area contributed by atoms with Gasteiger partial charge in [0.05, 0.1) is 19.3 Å². The zero-order valence-electron chi connectivity index (χ0n) is 27.7. The molecule has 12 N–H and O–H groups in total. The molecule has 15 atom stereocenters. The largest absolute Gasteiger partial charge is 0.508 e. The van der Waals surface area contributed by atoms with E-state index in [0.717, 1.165) is 12.1 Å². The second-order valence-corrected chi connectivity index (χ2v) is 12.9. The Morgan fingerprint density at radius 2 is 1.25 bits per heavy atom. The Hall–Kier alpha value is -3.71. The minimum Gasteiger partial charge on any atom is -0.508 e. The molecule has 4 heterocycles. The summed E-state index contributed by atoms with van der Waals surface area (Å²) in [6, 6.07) is 7.25. The molecule has 1 aromatic heterocycles. The number of hydrogen-bond acceptors (Lipinski definition) is 20. The standard InChI is InChI=1S/C33H40O20/c1-10-19(38)25(44)30(53-32-27(46)24(43)21(40)17(9-35)51-32)33(47-10)52-29-22(41)18-14(37)6-13(48-31-26(45)23(42)20(39)16(8-34)50-31)7-15(18)49-28(29)11-2-4-12(36)5-3-11/h2-7,10,16-17,19-21,23-27,30-40,42-46H,8-9H2,1H3/t10-,16+,17+,19-,20+,21+,23-,24-,25+,26+,27+,30+,31+,32-,33-/m0/s1. The van der Waals surface area contributed by atoms with Gasteiger partial charge in [0, 0.05) is 17.7 Å². The third-order valence-corrected chi connectivity index (χ3v) is 9.29. The van der Waals surface area contributed by atoms with Crippen LogP contribution in [0.15, 0.2) is 45.6 Å². The van der Waals surface area contributed by atoms with Gasteiger partial charge in [-0.25, -0.2) is 0 Å². The number of phenols is 2. The van der Waals surface area contributed by atoms with Gasteiger partial charge in [0.15, 0.2) is 18.2 Å². The van der Waals surface area contributed by atoms with E-state index >= 15 is 0 Å². The van der Waals surface area contributed by atoms with Crippen LogP contribution in [-0.4, -0.2) is 167 Å². The molecule has 0 saturated carbocycles. The molecule has 0 amide bonds. The minimum atomic E-state index is -1.94. The van der Waals surface area contributed by atoms with Gasteiger partial charge in [-0.15, -0.1) is 0 Å². The summed E-state index contributed by atoms with van der Waals surface area (Å²) in [7, 11) is 0. The molecular weight excluding hydrogens is 716 g/mol. The lowest BCUT2D eigenvalue weighted by Gasteiger charge is -2.45. The van der Waals surface area contributed by atoms with Crippen molar-refractivity contribution in [2.75, 3.05) is 13.2 Å². The maximum Gasteiger partial charge on any atom is 0.239 e. The van der Waals surface area contributed by atoms with E-state index in [2.05, 4.69) is 0 Å². The van der Waals surface area contributed by atoms with Crippen LogP contribution in [0.25, 0.3) is 22.3 Å². The average Bonchev–Trinajstić information content (AvgIpc) is 3.13. The summed E-state index contributed by atoms with van der Waals surface area (Å²) in [6.07, 6.45) is -25.3. The van der Waals surface area contributed by atoms with E-state index in [9.17, 15) is 66.1 Å². The fourth-order valence-corrected chi connectivity index (χ4v) is 6.23. The first-order chi connectivity index (χ1) is 25.1. The van der Waals surface area contributed by atoms with E-state index in [0.29, 0.717) is 0 Å². The van der Waals surface area contributed by atoms with Gasteiger partial charge in [-0.1, -0.05) is 0 Å². The summed E-state index contributed by atoms with van der Waals surface area (Å²) >= 11 is 0. The molecular formula is C33H40O20. The number of ether oxygens (including phenoxy) is 6. The van der Waals surface area contributed by atoms with Crippen LogP contribution in [0.5, 0.6) is 23.0 Å². The fourth-order valence-electron chi connectivity index (χ4n) is 6.23. The fraction of sp³-hybridized carbons (Fsp3) is 0.545. The van der Waals surface area contributed by atoms with Gasteiger partial charge in [0.1, 0.15) is 89.3 Å². The van der Waals surface area contributed by atoms with E-state index in [1.807, 2.05) is 0 Å². The molecule has 0 bridgehead atoms. The Morgan fingerprint density at radius 3 is 1.85 bits per heavy atom. The van der Waals surface area contributed by atoms with Gasteiger partial charge in [-0.05, 0) is 31.2 Å². The molecule has 292 valence electrons. The first kappa shape index (κ1) is 39.0. The van der Waals surface area contributed by atoms with Crippen molar-refractivity contribution in [3.63, 3.8) is 0 Å². The van der Waals surface area contributed by atoms with Gasteiger partial charge in [0.2, 0.25) is 23.8 Å². The first-order valence-electron chi connectivity index (χ1n) is 16.4. The molecule has 20 nitrogen and oxygen atoms in total. The zero-order chi connectivity index (χ0) is 38.5. The molecule has 53 heavy (non-hydrogen) atoms. The number of phenolic OH excluding ortho intramolecular Hbond substituents is 2. The summed E-state index contributed by atoms with van der Waals surface area (Å²) < 4.78 is 39.9. The highest BCUT2D eigenvalue weighted by molar-refractivity contribution is 5.88. The van der Waals surface area contributed by atoms with Gasteiger partial charge in [-0.2, -0.15) is 0 Å². The van der Waals surface area contributed by atoms with Crippen molar-refractivity contribution < 1.29 is 94.1 Å². The average molecular weight is 757 g/mol. The molecule has 3 saturated heterocycles. The van der Waals surface area contributed by atoms with Gasteiger partial charge in [-0.3, -0.25) is 4.79 Å². The van der Waals surface area contributed by atoms with Crippen LogP contribution in [0.3, 0.4) is 0 Å². The highest BCUT2D eigenvalue weighted by atomic mass is 16.8. The smallest absolute Gasteiger partial charge is 0.239 e. The second kappa shape index (κ2) is 15.6. The number of rotatable bonds is 9. The molecule has 0 radical (unpaired) electrons. The predicted molar refractivity (Wildman–Crippen MR) is 171 cm³/mol. The molecule has 0 aliphatic carbocycles. The number of benzene rings is 2. The lowest BCUT2D eigenvalue weighted by atomic mass is 9.97. The molecule has 3 fully saturated rings. The van der Waals surface area contributed by atoms with E-state index in [1.165, 1.54) is 31.2 Å². The van der Waals surface area contributed by atoms with E-state index < -0.39 is 128 Å². The number of aliphatic hydroxyl groups is 10. The summed E-state index contributed by atoms with van der Waals surface area (Å²) in [5.74, 6) is -2.16. The van der Waals surface area contributed by atoms with E-state index in [4.69, 9.17) is 32.8 Å². The monoisotopic (exact) mass is 756 g/mol. The molecule has 20 heteroatoms. The Bertz CT molecular complexity index is 1780. The Kier molecular flexibility index (Phi) is 11.5. The molecule has 3 aliphatic heterocycles. The number of aromatic hydroxyl groups is 2. The maximum atomic E-state index is 14.2. The van der Waals surface area contributed by atoms with Crippen LogP contribution >= 0.6 is 0 Å². The van der Waals surface area contributed by atoms with Crippen molar-refractivity contribution in [1.82, 2.24) is 0 Å². The molecule has 3 aliphatic rings. The van der Waals surface area contributed by atoms with Crippen LogP contribution in [0.2, 0.25) is 0 Å². The van der Waals surface area contributed by atoms with Crippen LogP contribution in [-0.2, 0) is 18.9 Å². The van der Waals surface area contributed by atoms with Crippen molar-refractivity contribution in [2.24, 2.45) is 0 Å². The normalized spacial score (nSPS) is 37.8. The van der Waals surface area contributed by atoms with E-state index in [-0.39, 0.29) is 28.4 Å².